The van der Waals surface area contributed by atoms with Crippen LogP contribution < -0.4 is 10.6 Å². The van der Waals surface area contributed by atoms with Crippen LogP contribution in [0, 0.1) is 12.7 Å². The van der Waals surface area contributed by atoms with Crippen LogP contribution in [-0.2, 0) is 12.8 Å². The first-order valence-corrected chi connectivity index (χ1v) is 9.05. The molecule has 0 atom stereocenters. The van der Waals surface area contributed by atoms with Gasteiger partial charge in [0.2, 0.25) is 0 Å². The second-order valence-corrected chi connectivity index (χ2v) is 6.95. The molecule has 0 unspecified atom stereocenters. The number of benzene rings is 1. The molecule has 23 heavy (non-hydrogen) atoms. The molecule has 0 amide bonds. The molecule has 1 heterocycles. The van der Waals surface area contributed by atoms with Gasteiger partial charge >= 0.3 is 0 Å². The van der Waals surface area contributed by atoms with Gasteiger partial charge in [0.1, 0.15) is 5.82 Å². The maximum Gasteiger partial charge on any atom is 0.190 e. The zero-order valence-electron chi connectivity index (χ0n) is 13.2. The molecule has 2 N–H and O–H groups in total. The highest BCUT2D eigenvalue weighted by Crippen LogP contribution is 2.16. The molecule has 2 rings (SSSR count). The molecule has 0 aliphatic carbocycles. The van der Waals surface area contributed by atoms with E-state index in [0.717, 1.165) is 48.2 Å². The summed E-state index contributed by atoms with van der Waals surface area (Å²) in [6.07, 6.45) is 1.67. The number of aliphatic imine (C=N–C) groups is 1. The molecule has 0 radical (unpaired) electrons. The molecule has 0 aliphatic rings. The Morgan fingerprint density at radius 2 is 2.04 bits per heavy atom. The fourth-order valence-corrected chi connectivity index (χ4v) is 3.15. The van der Waals surface area contributed by atoms with E-state index in [-0.39, 0.29) is 5.82 Å². The summed E-state index contributed by atoms with van der Waals surface area (Å²) in [5.74, 6) is 0.523. The summed E-state index contributed by atoms with van der Waals surface area (Å²) in [5.41, 5.74) is 2.17. The number of thiazole rings is 1. The Kier molecular flexibility index (Phi) is 6.98. The van der Waals surface area contributed by atoms with Crippen LogP contribution >= 0.6 is 27.3 Å². The van der Waals surface area contributed by atoms with Gasteiger partial charge in [0.25, 0.3) is 0 Å². The lowest BCUT2D eigenvalue weighted by molar-refractivity contribution is 0.620. The van der Waals surface area contributed by atoms with Gasteiger partial charge in [-0.1, -0.05) is 6.07 Å². The molecular formula is C16H20BrFN4S. The third-order valence-electron chi connectivity index (χ3n) is 3.25. The molecule has 0 saturated carbocycles. The van der Waals surface area contributed by atoms with Gasteiger partial charge in [-0.15, -0.1) is 11.3 Å². The van der Waals surface area contributed by atoms with Crippen molar-refractivity contribution in [3.05, 3.63) is 50.1 Å². The van der Waals surface area contributed by atoms with E-state index in [1.165, 1.54) is 6.07 Å². The first kappa shape index (κ1) is 17.9. The molecule has 0 spiro atoms. The average Bonchev–Trinajstić information content (AvgIpc) is 2.94. The maximum absolute atomic E-state index is 13.2. The lowest BCUT2D eigenvalue weighted by Gasteiger charge is -2.11. The van der Waals surface area contributed by atoms with E-state index in [0.29, 0.717) is 4.47 Å². The summed E-state index contributed by atoms with van der Waals surface area (Å²) in [5, 5.41) is 9.70. The number of nitrogens with one attached hydrogen (secondary N) is 2. The van der Waals surface area contributed by atoms with E-state index in [9.17, 15) is 4.39 Å². The van der Waals surface area contributed by atoms with E-state index < -0.39 is 0 Å². The van der Waals surface area contributed by atoms with Gasteiger partial charge < -0.3 is 10.6 Å². The van der Waals surface area contributed by atoms with Crippen molar-refractivity contribution in [3.63, 3.8) is 0 Å². The highest BCUT2D eigenvalue weighted by atomic mass is 79.9. The summed E-state index contributed by atoms with van der Waals surface area (Å²) in [7, 11) is 1.75. The molecular weight excluding hydrogens is 379 g/mol. The van der Waals surface area contributed by atoms with Crippen molar-refractivity contribution in [1.82, 2.24) is 15.6 Å². The maximum atomic E-state index is 13.2. The molecule has 0 bridgehead atoms. The number of nitrogens with zero attached hydrogens (tertiary/aromatic N) is 2. The second kappa shape index (κ2) is 8.98. The van der Waals surface area contributed by atoms with Crippen molar-refractivity contribution in [1.29, 1.82) is 0 Å². The first-order valence-electron chi connectivity index (χ1n) is 7.38. The fourth-order valence-electron chi connectivity index (χ4n) is 2.07. The van der Waals surface area contributed by atoms with Crippen molar-refractivity contribution in [2.24, 2.45) is 4.99 Å². The molecule has 7 heteroatoms. The zero-order chi connectivity index (χ0) is 16.7. The predicted molar refractivity (Wildman–Crippen MR) is 97.7 cm³/mol. The molecule has 0 aliphatic heterocycles. The van der Waals surface area contributed by atoms with E-state index in [1.54, 1.807) is 30.5 Å². The van der Waals surface area contributed by atoms with Crippen molar-refractivity contribution < 1.29 is 4.39 Å². The van der Waals surface area contributed by atoms with E-state index in [1.807, 2.05) is 6.92 Å². The van der Waals surface area contributed by atoms with Crippen LogP contribution in [0.2, 0.25) is 0 Å². The largest absolute Gasteiger partial charge is 0.356 e. The van der Waals surface area contributed by atoms with Crippen molar-refractivity contribution >= 4 is 33.2 Å². The average molecular weight is 399 g/mol. The number of aryl methyl sites for hydroxylation is 1. The van der Waals surface area contributed by atoms with Crippen LogP contribution in [0.5, 0.6) is 0 Å². The number of hydrogen-bond acceptors (Lipinski definition) is 3. The van der Waals surface area contributed by atoms with Crippen LogP contribution in [0.4, 0.5) is 4.39 Å². The van der Waals surface area contributed by atoms with Crippen LogP contribution in [0.3, 0.4) is 0 Å². The Morgan fingerprint density at radius 3 is 2.65 bits per heavy atom. The quantitative estimate of drug-likeness (QED) is 0.579. The minimum atomic E-state index is -0.239. The number of halogens is 2. The normalized spacial score (nSPS) is 11.6. The molecule has 124 valence electrons. The van der Waals surface area contributed by atoms with Gasteiger partial charge in [-0.25, -0.2) is 9.37 Å². The molecule has 1 aromatic heterocycles. The highest BCUT2D eigenvalue weighted by molar-refractivity contribution is 9.10. The summed E-state index contributed by atoms with van der Waals surface area (Å²) in [6.45, 7) is 3.52. The Morgan fingerprint density at radius 1 is 1.30 bits per heavy atom. The molecule has 4 nitrogen and oxygen atoms in total. The van der Waals surface area contributed by atoms with Crippen LogP contribution in [-0.4, -0.2) is 31.1 Å². The number of guanidine groups is 1. The van der Waals surface area contributed by atoms with Gasteiger partial charge in [-0.05, 0) is 47.0 Å². The standard InChI is InChI=1S/C16H20BrFN4S/c1-11-22-13(10-23-11)6-8-21-16(19-2)20-7-5-12-3-4-15(18)14(17)9-12/h3-4,9-10H,5-8H2,1-2H3,(H2,19,20,21). The molecule has 2 aromatic rings. The SMILES string of the molecule is CN=C(NCCc1ccc(F)c(Br)c1)NCCc1csc(C)n1. The zero-order valence-corrected chi connectivity index (χ0v) is 15.6. The van der Waals surface area contributed by atoms with Crippen molar-refractivity contribution in [2.45, 2.75) is 19.8 Å². The van der Waals surface area contributed by atoms with Gasteiger partial charge in [0.05, 0.1) is 15.2 Å². The lowest BCUT2D eigenvalue weighted by atomic mass is 10.1. The second-order valence-electron chi connectivity index (χ2n) is 5.03. The first-order chi connectivity index (χ1) is 11.1. The lowest BCUT2D eigenvalue weighted by Crippen LogP contribution is -2.39. The Labute approximate surface area is 148 Å². The van der Waals surface area contributed by atoms with Crippen LogP contribution in [0.1, 0.15) is 16.3 Å². The Balaban J connectivity index is 1.71. The van der Waals surface area contributed by atoms with Crippen LogP contribution in [0.15, 0.2) is 33.0 Å². The van der Waals surface area contributed by atoms with E-state index in [2.05, 4.69) is 41.9 Å². The third kappa shape index (κ3) is 5.91. The van der Waals surface area contributed by atoms with Gasteiger partial charge in [-0.2, -0.15) is 0 Å². The van der Waals surface area contributed by atoms with E-state index >= 15 is 0 Å². The predicted octanol–water partition coefficient (Wildman–Crippen LogP) is 3.30. The minimum absolute atomic E-state index is 0.239. The topological polar surface area (TPSA) is 49.3 Å². The number of hydrogen-bond donors (Lipinski definition) is 2. The van der Waals surface area contributed by atoms with Gasteiger partial charge in [0.15, 0.2) is 5.96 Å². The fraction of sp³-hybridized carbons (Fsp3) is 0.375. The van der Waals surface area contributed by atoms with E-state index in [4.69, 9.17) is 0 Å². The molecule has 0 saturated heterocycles. The monoisotopic (exact) mass is 398 g/mol. The molecule has 0 fully saturated rings. The summed E-state index contributed by atoms with van der Waals surface area (Å²) in [6, 6.07) is 5.07. The van der Waals surface area contributed by atoms with Gasteiger partial charge in [0, 0.05) is 31.9 Å². The van der Waals surface area contributed by atoms with Crippen LogP contribution in [0.25, 0.3) is 0 Å². The van der Waals surface area contributed by atoms with Gasteiger partial charge in [-0.3, -0.25) is 4.99 Å². The Bertz CT molecular complexity index is 672. The Hall–Kier alpha value is -1.47. The van der Waals surface area contributed by atoms with Crippen molar-refractivity contribution in [3.8, 4) is 0 Å². The minimum Gasteiger partial charge on any atom is -0.356 e. The van der Waals surface area contributed by atoms with Crippen molar-refractivity contribution in [2.75, 3.05) is 20.1 Å². The summed E-state index contributed by atoms with van der Waals surface area (Å²) < 4.78 is 13.7. The summed E-state index contributed by atoms with van der Waals surface area (Å²) in [4.78, 5) is 8.63. The highest BCUT2D eigenvalue weighted by Gasteiger charge is 2.03. The third-order valence-corrected chi connectivity index (χ3v) is 4.68. The summed E-state index contributed by atoms with van der Waals surface area (Å²) >= 11 is 4.87. The number of aromatic nitrogens is 1. The smallest absolute Gasteiger partial charge is 0.190 e. The number of rotatable bonds is 6. The molecule has 1 aromatic carbocycles.